The SMILES string of the molecule is CCc1ccc(C(=O)CCCC[C@H](NC(=O)c2ccc(N(C)Cc3cnc4nc(N)nc(N)c4n3)cc2)C(=O)O)c(-c2nn[nH]n2)c1. The summed E-state index contributed by atoms with van der Waals surface area (Å²) < 4.78 is 0. The number of nitrogens with one attached hydrogen (secondary N) is 2. The van der Waals surface area contributed by atoms with Gasteiger partial charge in [-0.05, 0) is 60.4 Å². The van der Waals surface area contributed by atoms with Crippen LogP contribution in [0, 0.1) is 0 Å². The predicted octanol–water partition coefficient (Wildman–Crippen LogP) is 2.59. The van der Waals surface area contributed by atoms with Crippen molar-refractivity contribution < 1.29 is 19.5 Å². The number of Topliss-reactive ketones (excluding diaryl/α,β-unsaturated/α-hetero) is 1. The summed E-state index contributed by atoms with van der Waals surface area (Å²) in [5.41, 5.74) is 16.0. The number of aliphatic carboxylic acids is 1. The number of aryl methyl sites for hydroxylation is 1. The Morgan fingerprint density at radius 1 is 1.04 bits per heavy atom. The van der Waals surface area contributed by atoms with Crippen molar-refractivity contribution in [2.75, 3.05) is 23.4 Å². The van der Waals surface area contributed by atoms with Crippen LogP contribution >= 0.6 is 0 Å². The smallest absolute Gasteiger partial charge is 0.326 e. The fourth-order valence-corrected chi connectivity index (χ4v) is 5.04. The summed E-state index contributed by atoms with van der Waals surface area (Å²) in [5.74, 6) is -1.28. The molecular weight excluding hydrogens is 604 g/mol. The van der Waals surface area contributed by atoms with Gasteiger partial charge < -0.3 is 26.8 Å². The number of unbranched alkanes of at least 4 members (excludes halogenated alkanes) is 1. The molecular formula is C31H34N12O4. The monoisotopic (exact) mass is 638 g/mol. The lowest BCUT2D eigenvalue weighted by Crippen LogP contribution is -2.40. The number of carboxylic acid groups (broad SMARTS) is 1. The van der Waals surface area contributed by atoms with Gasteiger partial charge in [0, 0.05) is 35.8 Å². The van der Waals surface area contributed by atoms with Crippen LogP contribution in [0.1, 0.15) is 64.6 Å². The number of nitrogens with two attached hydrogens (primary N) is 2. The lowest BCUT2D eigenvalue weighted by atomic mass is 9.96. The summed E-state index contributed by atoms with van der Waals surface area (Å²) >= 11 is 0. The number of fused-ring (bicyclic) bond motifs is 1. The van der Waals surface area contributed by atoms with Crippen molar-refractivity contribution in [1.82, 2.24) is 45.9 Å². The summed E-state index contributed by atoms with van der Waals surface area (Å²) in [7, 11) is 1.85. The molecule has 1 amide bonds. The highest BCUT2D eigenvalue weighted by molar-refractivity contribution is 6.01. The maximum absolute atomic E-state index is 13.1. The number of anilines is 3. The Morgan fingerprint density at radius 3 is 2.53 bits per heavy atom. The van der Waals surface area contributed by atoms with Crippen LogP contribution in [-0.2, 0) is 17.8 Å². The van der Waals surface area contributed by atoms with Gasteiger partial charge in [0.05, 0.1) is 18.4 Å². The fraction of sp³-hybridized carbons (Fsp3) is 0.290. The van der Waals surface area contributed by atoms with Gasteiger partial charge in [-0.25, -0.2) is 14.8 Å². The number of H-pyrrole nitrogens is 1. The normalized spacial score (nSPS) is 11.7. The molecule has 0 bridgehead atoms. The van der Waals surface area contributed by atoms with Gasteiger partial charge in [0.1, 0.15) is 6.04 Å². The van der Waals surface area contributed by atoms with Crippen LogP contribution in [0.15, 0.2) is 48.7 Å². The van der Waals surface area contributed by atoms with Crippen molar-refractivity contribution in [3.63, 3.8) is 0 Å². The molecule has 5 rings (SSSR count). The molecule has 0 fully saturated rings. The standard InChI is InChI=1S/C31H34N12O4/c1-3-17-8-13-21(22(14-17)27-39-41-42-40-27)24(44)7-5-4-6-23(30(46)47)36-29(45)18-9-11-20(12-10-18)43(2)16-19-15-34-28-25(35-19)26(32)37-31(33)38-28/h8-15,23H,3-7,16H2,1-2H3,(H,36,45)(H,46,47)(H,39,40,41,42)(H4,32,33,34,37,38)/t23-/m0/s1. The van der Waals surface area contributed by atoms with E-state index in [9.17, 15) is 19.5 Å². The van der Waals surface area contributed by atoms with Crippen LogP contribution in [0.5, 0.6) is 0 Å². The van der Waals surface area contributed by atoms with E-state index in [0.717, 1.165) is 17.7 Å². The van der Waals surface area contributed by atoms with Crippen molar-refractivity contribution in [2.45, 2.75) is 51.6 Å². The molecule has 0 radical (unpaired) electrons. The van der Waals surface area contributed by atoms with Crippen molar-refractivity contribution in [2.24, 2.45) is 0 Å². The minimum atomic E-state index is -1.15. The highest BCUT2D eigenvalue weighted by Gasteiger charge is 2.22. The van der Waals surface area contributed by atoms with Gasteiger partial charge >= 0.3 is 5.97 Å². The first-order valence-corrected chi connectivity index (χ1v) is 14.9. The van der Waals surface area contributed by atoms with Crippen molar-refractivity contribution in [3.05, 3.63) is 71.0 Å². The number of amides is 1. The van der Waals surface area contributed by atoms with Crippen molar-refractivity contribution in [1.29, 1.82) is 0 Å². The number of carboxylic acids is 1. The van der Waals surface area contributed by atoms with Crippen LogP contribution < -0.4 is 21.7 Å². The fourth-order valence-electron chi connectivity index (χ4n) is 5.04. The van der Waals surface area contributed by atoms with E-state index in [1.807, 2.05) is 31.0 Å². The van der Waals surface area contributed by atoms with Gasteiger partial charge in [-0.2, -0.15) is 15.2 Å². The maximum atomic E-state index is 13.1. The molecule has 16 heteroatoms. The molecule has 3 aromatic heterocycles. The first-order valence-electron chi connectivity index (χ1n) is 14.9. The zero-order valence-corrected chi connectivity index (χ0v) is 25.8. The zero-order valence-electron chi connectivity index (χ0n) is 25.8. The van der Waals surface area contributed by atoms with E-state index < -0.39 is 17.9 Å². The molecule has 7 N–H and O–H groups in total. The number of benzene rings is 2. The second kappa shape index (κ2) is 14.4. The maximum Gasteiger partial charge on any atom is 0.326 e. The third-order valence-corrected chi connectivity index (χ3v) is 7.60. The van der Waals surface area contributed by atoms with E-state index in [1.54, 1.807) is 36.5 Å². The van der Waals surface area contributed by atoms with Crippen LogP contribution in [0.25, 0.3) is 22.6 Å². The molecule has 0 saturated carbocycles. The number of nitrogen functional groups attached to an aromatic ring is 2. The Balaban J connectivity index is 1.14. The second-order valence-corrected chi connectivity index (χ2v) is 10.9. The average Bonchev–Trinajstić information content (AvgIpc) is 3.61. The van der Waals surface area contributed by atoms with E-state index in [-0.39, 0.29) is 30.4 Å². The number of aromatic nitrogens is 8. The van der Waals surface area contributed by atoms with Gasteiger partial charge in [-0.1, -0.05) is 25.5 Å². The largest absolute Gasteiger partial charge is 0.480 e. The molecule has 242 valence electrons. The molecule has 2 aromatic carbocycles. The zero-order chi connectivity index (χ0) is 33.5. The van der Waals surface area contributed by atoms with Crippen LogP contribution in [0.2, 0.25) is 0 Å². The average molecular weight is 639 g/mol. The molecule has 16 nitrogen and oxygen atoms in total. The van der Waals surface area contributed by atoms with Gasteiger partial charge in [0.2, 0.25) is 11.8 Å². The summed E-state index contributed by atoms with van der Waals surface area (Å²) in [6, 6.07) is 11.1. The molecule has 0 aliphatic heterocycles. The summed E-state index contributed by atoms with van der Waals surface area (Å²) in [6.45, 7) is 2.39. The van der Waals surface area contributed by atoms with E-state index in [2.05, 4.69) is 45.9 Å². The minimum absolute atomic E-state index is 0.0191. The molecule has 3 heterocycles. The number of rotatable bonds is 14. The predicted molar refractivity (Wildman–Crippen MR) is 173 cm³/mol. The number of carbonyl (C=O) groups excluding carboxylic acids is 2. The minimum Gasteiger partial charge on any atom is -0.480 e. The quantitative estimate of drug-likeness (QED) is 0.0867. The van der Waals surface area contributed by atoms with Crippen LogP contribution in [0.4, 0.5) is 17.5 Å². The van der Waals surface area contributed by atoms with Gasteiger partial charge in [-0.3, -0.25) is 9.59 Å². The number of carbonyl (C=O) groups is 3. The van der Waals surface area contributed by atoms with Crippen LogP contribution in [-0.4, -0.2) is 76.4 Å². The van der Waals surface area contributed by atoms with E-state index >= 15 is 0 Å². The number of hydrogen-bond acceptors (Lipinski definition) is 13. The Hall–Kier alpha value is -6.06. The third kappa shape index (κ3) is 7.78. The Labute approximate surface area is 269 Å². The molecule has 0 saturated heterocycles. The Kier molecular flexibility index (Phi) is 9.88. The van der Waals surface area contributed by atoms with E-state index in [0.29, 0.717) is 58.8 Å². The number of ketones is 1. The van der Waals surface area contributed by atoms with Crippen molar-refractivity contribution in [3.8, 4) is 11.4 Å². The first-order chi connectivity index (χ1) is 22.6. The molecule has 5 aromatic rings. The Morgan fingerprint density at radius 2 is 1.83 bits per heavy atom. The first kappa shape index (κ1) is 32.3. The summed E-state index contributed by atoms with van der Waals surface area (Å²) in [5, 5.41) is 26.4. The Bertz CT molecular complexity index is 1900. The molecule has 0 spiro atoms. The number of aromatic amines is 1. The highest BCUT2D eigenvalue weighted by atomic mass is 16.4. The number of hydrogen-bond donors (Lipinski definition) is 5. The number of tetrazole rings is 1. The van der Waals surface area contributed by atoms with E-state index in [4.69, 9.17) is 11.5 Å². The summed E-state index contributed by atoms with van der Waals surface area (Å²) in [4.78, 5) is 56.6. The topological polar surface area (TPSA) is 245 Å². The molecule has 0 unspecified atom stereocenters. The third-order valence-electron chi connectivity index (χ3n) is 7.60. The van der Waals surface area contributed by atoms with E-state index in [1.165, 1.54) is 0 Å². The lowest BCUT2D eigenvalue weighted by molar-refractivity contribution is -0.139. The highest BCUT2D eigenvalue weighted by Crippen LogP contribution is 2.24. The summed E-state index contributed by atoms with van der Waals surface area (Å²) in [6.07, 6.45) is 3.58. The molecule has 47 heavy (non-hydrogen) atoms. The van der Waals surface area contributed by atoms with Gasteiger partial charge in [-0.15, -0.1) is 10.2 Å². The van der Waals surface area contributed by atoms with Gasteiger partial charge in [0.25, 0.3) is 5.91 Å². The molecule has 1 atom stereocenters. The number of nitrogens with zero attached hydrogens (tertiary/aromatic N) is 8. The molecule has 0 aliphatic rings. The second-order valence-electron chi connectivity index (χ2n) is 10.9. The van der Waals surface area contributed by atoms with Crippen LogP contribution in [0.3, 0.4) is 0 Å². The van der Waals surface area contributed by atoms with Crippen molar-refractivity contribution >= 4 is 46.3 Å². The lowest BCUT2D eigenvalue weighted by Gasteiger charge is -2.19. The molecule has 0 aliphatic carbocycles. The van der Waals surface area contributed by atoms with Gasteiger partial charge in [0.15, 0.2) is 22.8 Å².